The Labute approximate surface area is 133 Å². The van der Waals surface area contributed by atoms with Crippen LogP contribution in [0.4, 0.5) is 5.95 Å². The van der Waals surface area contributed by atoms with E-state index >= 15 is 0 Å². The third-order valence-corrected chi connectivity index (χ3v) is 4.99. The smallest absolute Gasteiger partial charge is 0.225 e. The van der Waals surface area contributed by atoms with Crippen molar-refractivity contribution in [1.82, 2.24) is 14.9 Å². The van der Waals surface area contributed by atoms with Crippen LogP contribution >= 0.6 is 0 Å². The molecule has 1 aliphatic heterocycles. The summed E-state index contributed by atoms with van der Waals surface area (Å²) < 4.78 is 5.43. The summed E-state index contributed by atoms with van der Waals surface area (Å²) in [6.45, 7) is 6.98. The van der Waals surface area contributed by atoms with E-state index in [0.29, 0.717) is 12.0 Å². The third kappa shape index (κ3) is 3.76. The minimum atomic E-state index is 0.493. The Balaban J connectivity index is 1.61. The summed E-state index contributed by atoms with van der Waals surface area (Å²) in [6.07, 6.45) is 7.17. The predicted molar refractivity (Wildman–Crippen MR) is 88.4 cm³/mol. The van der Waals surface area contributed by atoms with E-state index in [1.807, 2.05) is 6.20 Å². The standard InChI is InChI=1S/C17H28N4O/c1-14(21-9-11-22-12-10-21)13-20(2)17-18-8-7-16(19-17)15-5-3-4-6-15/h7-8,14-15H,3-6,9-13H2,1-2H3/t14-/m1/s1. The number of nitrogens with zero attached hydrogens (tertiary/aromatic N) is 4. The highest BCUT2D eigenvalue weighted by Gasteiger charge is 2.21. The lowest BCUT2D eigenvalue weighted by Gasteiger charge is -2.34. The Kier molecular flexibility index (Phi) is 5.26. The first kappa shape index (κ1) is 15.7. The van der Waals surface area contributed by atoms with Crippen LogP contribution in [0.2, 0.25) is 0 Å². The predicted octanol–water partition coefficient (Wildman–Crippen LogP) is 2.29. The van der Waals surface area contributed by atoms with Crippen LogP contribution in [-0.2, 0) is 4.74 Å². The Hall–Kier alpha value is -1.20. The molecule has 122 valence electrons. The van der Waals surface area contributed by atoms with Crippen LogP contribution in [0.5, 0.6) is 0 Å². The average Bonchev–Trinajstić information content (AvgIpc) is 3.10. The molecule has 5 heteroatoms. The monoisotopic (exact) mass is 304 g/mol. The molecule has 0 amide bonds. The lowest BCUT2D eigenvalue weighted by atomic mass is 10.0. The van der Waals surface area contributed by atoms with E-state index in [1.165, 1.54) is 31.4 Å². The first-order valence-electron chi connectivity index (χ1n) is 8.60. The van der Waals surface area contributed by atoms with Gasteiger partial charge in [-0.2, -0.15) is 0 Å². The number of rotatable bonds is 5. The molecule has 0 aromatic carbocycles. The fourth-order valence-electron chi connectivity index (χ4n) is 3.61. The summed E-state index contributed by atoms with van der Waals surface area (Å²) in [4.78, 5) is 14.0. The van der Waals surface area contributed by atoms with Crippen molar-refractivity contribution in [2.45, 2.75) is 44.6 Å². The van der Waals surface area contributed by atoms with Crippen LogP contribution < -0.4 is 4.90 Å². The highest BCUT2D eigenvalue weighted by molar-refractivity contribution is 5.30. The largest absolute Gasteiger partial charge is 0.379 e. The molecule has 1 aromatic heterocycles. The van der Waals surface area contributed by atoms with Gasteiger partial charge in [-0.3, -0.25) is 4.90 Å². The van der Waals surface area contributed by atoms with E-state index in [0.717, 1.165) is 38.8 Å². The maximum absolute atomic E-state index is 5.43. The number of hydrogen-bond acceptors (Lipinski definition) is 5. The summed E-state index contributed by atoms with van der Waals surface area (Å²) in [6, 6.07) is 2.59. The van der Waals surface area contributed by atoms with Crippen LogP contribution in [0, 0.1) is 0 Å². The highest BCUT2D eigenvalue weighted by Crippen LogP contribution is 2.33. The molecule has 22 heavy (non-hydrogen) atoms. The normalized spacial score (nSPS) is 21.9. The molecule has 0 N–H and O–H groups in total. The van der Waals surface area contributed by atoms with E-state index in [2.05, 4.69) is 34.8 Å². The molecule has 2 heterocycles. The number of morpholine rings is 1. The zero-order chi connectivity index (χ0) is 15.4. The van der Waals surface area contributed by atoms with Crippen molar-refractivity contribution in [3.05, 3.63) is 18.0 Å². The molecule has 1 aliphatic carbocycles. The molecule has 2 fully saturated rings. The Morgan fingerprint density at radius 2 is 2.05 bits per heavy atom. The SMILES string of the molecule is C[C@H](CN(C)c1nccc(C2CCCC2)n1)N1CCOCC1. The summed E-state index contributed by atoms with van der Waals surface area (Å²) >= 11 is 0. The molecule has 5 nitrogen and oxygen atoms in total. The fourth-order valence-corrected chi connectivity index (χ4v) is 3.61. The number of aromatic nitrogens is 2. The molecule has 1 atom stereocenters. The lowest BCUT2D eigenvalue weighted by molar-refractivity contribution is 0.0217. The number of likely N-dealkylation sites (N-methyl/N-ethyl adjacent to an activating group) is 1. The Morgan fingerprint density at radius 3 is 2.77 bits per heavy atom. The van der Waals surface area contributed by atoms with Crippen LogP contribution in [0.1, 0.15) is 44.2 Å². The fraction of sp³-hybridized carbons (Fsp3) is 0.765. The minimum Gasteiger partial charge on any atom is -0.379 e. The van der Waals surface area contributed by atoms with Crippen LogP contribution in [0.25, 0.3) is 0 Å². The summed E-state index contributed by atoms with van der Waals surface area (Å²) in [5, 5.41) is 0. The molecule has 2 aliphatic rings. The second-order valence-electron chi connectivity index (χ2n) is 6.64. The van der Waals surface area contributed by atoms with Crippen molar-refractivity contribution in [3.63, 3.8) is 0 Å². The molecule has 0 bridgehead atoms. The molecule has 0 radical (unpaired) electrons. The quantitative estimate of drug-likeness (QED) is 0.835. The number of anilines is 1. The van der Waals surface area contributed by atoms with E-state index in [4.69, 9.17) is 9.72 Å². The van der Waals surface area contributed by atoms with E-state index < -0.39 is 0 Å². The first-order chi connectivity index (χ1) is 10.7. The van der Waals surface area contributed by atoms with Gasteiger partial charge in [0, 0.05) is 50.5 Å². The van der Waals surface area contributed by atoms with Crippen molar-refractivity contribution in [1.29, 1.82) is 0 Å². The summed E-state index contributed by atoms with van der Waals surface area (Å²) in [5.41, 5.74) is 1.23. The van der Waals surface area contributed by atoms with Gasteiger partial charge in [0.1, 0.15) is 0 Å². The lowest BCUT2D eigenvalue weighted by Crippen LogP contribution is -2.47. The van der Waals surface area contributed by atoms with Crippen molar-refractivity contribution in [2.24, 2.45) is 0 Å². The van der Waals surface area contributed by atoms with Crippen molar-refractivity contribution >= 4 is 5.95 Å². The Bertz CT molecular complexity index is 469. The summed E-state index contributed by atoms with van der Waals surface area (Å²) in [5.74, 6) is 1.51. The minimum absolute atomic E-state index is 0.493. The molecule has 0 spiro atoms. The third-order valence-electron chi connectivity index (χ3n) is 4.99. The van der Waals surface area contributed by atoms with Crippen LogP contribution in [-0.4, -0.2) is 60.8 Å². The van der Waals surface area contributed by atoms with Gasteiger partial charge in [-0.15, -0.1) is 0 Å². The zero-order valence-electron chi connectivity index (χ0n) is 13.9. The molecule has 1 saturated carbocycles. The molecular formula is C17H28N4O. The molecule has 0 unspecified atom stereocenters. The van der Waals surface area contributed by atoms with Gasteiger partial charge in [-0.1, -0.05) is 12.8 Å². The number of hydrogen-bond donors (Lipinski definition) is 0. The Morgan fingerprint density at radius 1 is 1.32 bits per heavy atom. The maximum Gasteiger partial charge on any atom is 0.225 e. The van der Waals surface area contributed by atoms with Gasteiger partial charge in [-0.25, -0.2) is 9.97 Å². The highest BCUT2D eigenvalue weighted by atomic mass is 16.5. The van der Waals surface area contributed by atoms with E-state index in [-0.39, 0.29) is 0 Å². The van der Waals surface area contributed by atoms with Crippen molar-refractivity contribution in [2.75, 3.05) is 44.8 Å². The van der Waals surface area contributed by atoms with Gasteiger partial charge in [0.25, 0.3) is 0 Å². The molecule has 1 aromatic rings. The molecule has 3 rings (SSSR count). The van der Waals surface area contributed by atoms with Gasteiger partial charge in [0.15, 0.2) is 0 Å². The van der Waals surface area contributed by atoms with Gasteiger partial charge in [0.05, 0.1) is 13.2 Å². The maximum atomic E-state index is 5.43. The van der Waals surface area contributed by atoms with Crippen molar-refractivity contribution in [3.8, 4) is 0 Å². The topological polar surface area (TPSA) is 41.5 Å². The average molecular weight is 304 g/mol. The molecular weight excluding hydrogens is 276 g/mol. The second kappa shape index (κ2) is 7.38. The van der Waals surface area contributed by atoms with E-state index in [1.54, 1.807) is 0 Å². The molecule has 1 saturated heterocycles. The summed E-state index contributed by atoms with van der Waals surface area (Å²) in [7, 11) is 2.10. The first-order valence-corrected chi connectivity index (χ1v) is 8.60. The van der Waals surface area contributed by atoms with Gasteiger partial charge >= 0.3 is 0 Å². The van der Waals surface area contributed by atoms with Gasteiger partial charge in [0.2, 0.25) is 5.95 Å². The van der Waals surface area contributed by atoms with Gasteiger partial charge in [-0.05, 0) is 25.8 Å². The van der Waals surface area contributed by atoms with Crippen LogP contribution in [0.15, 0.2) is 12.3 Å². The number of ether oxygens (including phenoxy) is 1. The van der Waals surface area contributed by atoms with Crippen molar-refractivity contribution < 1.29 is 4.74 Å². The van der Waals surface area contributed by atoms with E-state index in [9.17, 15) is 0 Å². The van der Waals surface area contributed by atoms with Gasteiger partial charge < -0.3 is 9.64 Å². The second-order valence-corrected chi connectivity index (χ2v) is 6.64. The zero-order valence-corrected chi connectivity index (χ0v) is 13.9. The van der Waals surface area contributed by atoms with Crippen LogP contribution in [0.3, 0.4) is 0 Å².